The molecule has 2 fully saturated rings. The van der Waals surface area contributed by atoms with Gasteiger partial charge in [0.15, 0.2) is 5.78 Å². The minimum absolute atomic E-state index is 0.0101. The zero-order valence-corrected chi connectivity index (χ0v) is 16.2. The average Bonchev–Trinajstić information content (AvgIpc) is 2.54. The Hall–Kier alpha value is -2.41. The van der Waals surface area contributed by atoms with Gasteiger partial charge in [-0.15, -0.1) is 0 Å². The fourth-order valence-electron chi connectivity index (χ4n) is 3.30. The molecule has 0 aromatic heterocycles. The van der Waals surface area contributed by atoms with Crippen LogP contribution in [-0.2, 0) is 9.53 Å². The summed E-state index contributed by atoms with van der Waals surface area (Å²) in [5, 5.41) is 0. The molecule has 0 unspecified atom stereocenters. The second-order valence-corrected chi connectivity index (χ2v) is 8.13. The Morgan fingerprint density at radius 2 is 1.78 bits per heavy atom. The molecule has 0 atom stereocenters. The van der Waals surface area contributed by atoms with Crippen LogP contribution in [0.4, 0.5) is 4.79 Å². The van der Waals surface area contributed by atoms with E-state index in [0.29, 0.717) is 31.7 Å². The largest absolute Gasteiger partial charge is 0.444 e. The molecule has 2 saturated heterocycles. The van der Waals surface area contributed by atoms with Crippen molar-refractivity contribution < 1.29 is 19.1 Å². The van der Waals surface area contributed by atoms with E-state index in [0.717, 1.165) is 0 Å². The Morgan fingerprint density at radius 3 is 2.37 bits per heavy atom. The van der Waals surface area contributed by atoms with E-state index in [9.17, 15) is 14.4 Å². The van der Waals surface area contributed by atoms with E-state index in [1.165, 1.54) is 0 Å². The van der Waals surface area contributed by atoms with Crippen LogP contribution in [0.3, 0.4) is 0 Å². The second kappa shape index (κ2) is 7.68. The fraction of sp³-hybridized carbons (Fsp3) is 0.550. The predicted octanol–water partition coefficient (Wildman–Crippen LogP) is 1.63. The van der Waals surface area contributed by atoms with Crippen molar-refractivity contribution in [2.45, 2.75) is 32.4 Å². The second-order valence-electron chi connectivity index (χ2n) is 8.13. The molecule has 0 radical (unpaired) electrons. The molecule has 27 heavy (non-hydrogen) atoms. The molecule has 7 heteroatoms. The first-order chi connectivity index (χ1) is 12.7. The summed E-state index contributed by atoms with van der Waals surface area (Å²) in [6.45, 7) is 8.24. The van der Waals surface area contributed by atoms with E-state index in [1.54, 1.807) is 17.0 Å². The molecule has 2 aliphatic rings. The molecular weight excluding hydrogens is 346 g/mol. The van der Waals surface area contributed by atoms with Gasteiger partial charge in [0, 0.05) is 31.7 Å². The van der Waals surface area contributed by atoms with Gasteiger partial charge in [-0.3, -0.25) is 14.5 Å². The number of piperazine rings is 1. The summed E-state index contributed by atoms with van der Waals surface area (Å²) in [6.07, 6.45) is -0.335. The molecule has 2 amide bonds. The maximum absolute atomic E-state index is 12.5. The van der Waals surface area contributed by atoms with Crippen LogP contribution in [0.2, 0.25) is 0 Å². The number of ether oxygens (including phenoxy) is 1. The Balaban J connectivity index is 1.45. The molecule has 1 aromatic carbocycles. The van der Waals surface area contributed by atoms with Gasteiger partial charge in [-0.1, -0.05) is 30.3 Å². The topological polar surface area (TPSA) is 70.2 Å². The molecule has 7 nitrogen and oxygen atoms in total. The van der Waals surface area contributed by atoms with Crippen molar-refractivity contribution in [1.82, 2.24) is 14.7 Å². The molecule has 3 rings (SSSR count). The van der Waals surface area contributed by atoms with Crippen molar-refractivity contribution in [2.75, 3.05) is 39.3 Å². The number of hydrogen-bond donors (Lipinski definition) is 0. The van der Waals surface area contributed by atoms with Crippen molar-refractivity contribution in [3.8, 4) is 0 Å². The molecule has 0 N–H and O–H groups in total. The molecule has 146 valence electrons. The smallest absolute Gasteiger partial charge is 0.410 e. The van der Waals surface area contributed by atoms with Crippen LogP contribution in [0.5, 0.6) is 0 Å². The zero-order chi connectivity index (χ0) is 19.6. The maximum atomic E-state index is 12.5. The van der Waals surface area contributed by atoms with Crippen LogP contribution < -0.4 is 0 Å². The molecule has 0 spiro atoms. The van der Waals surface area contributed by atoms with Gasteiger partial charge in [0.25, 0.3) is 0 Å². The Labute approximate surface area is 159 Å². The van der Waals surface area contributed by atoms with Gasteiger partial charge in [0.2, 0.25) is 5.91 Å². The van der Waals surface area contributed by atoms with Crippen molar-refractivity contribution in [1.29, 1.82) is 0 Å². The lowest BCUT2D eigenvalue weighted by Gasteiger charge is -2.47. The summed E-state index contributed by atoms with van der Waals surface area (Å²) < 4.78 is 5.34. The number of benzene rings is 1. The summed E-state index contributed by atoms with van der Waals surface area (Å²) in [5.41, 5.74) is 0.147. The van der Waals surface area contributed by atoms with Gasteiger partial charge < -0.3 is 14.5 Å². The molecular formula is C20H27N3O4. The summed E-state index contributed by atoms with van der Waals surface area (Å²) >= 11 is 0. The number of ketones is 1. The lowest BCUT2D eigenvalue weighted by molar-refractivity contribution is -0.142. The average molecular weight is 373 g/mol. The maximum Gasteiger partial charge on any atom is 0.410 e. The summed E-state index contributed by atoms with van der Waals surface area (Å²) in [4.78, 5) is 42.2. The van der Waals surface area contributed by atoms with Crippen LogP contribution in [0, 0.1) is 0 Å². The van der Waals surface area contributed by atoms with Crippen LogP contribution in [-0.4, -0.2) is 83.4 Å². The first-order valence-corrected chi connectivity index (χ1v) is 9.31. The van der Waals surface area contributed by atoms with Crippen LogP contribution in [0.1, 0.15) is 31.1 Å². The highest BCUT2D eigenvalue weighted by atomic mass is 16.6. The molecule has 2 aliphatic heterocycles. The molecule has 0 aliphatic carbocycles. The van der Waals surface area contributed by atoms with Crippen LogP contribution in [0.15, 0.2) is 30.3 Å². The number of carbonyl (C=O) groups is 3. The highest BCUT2D eigenvalue weighted by molar-refractivity contribution is 5.97. The quantitative estimate of drug-likeness (QED) is 0.751. The van der Waals surface area contributed by atoms with Crippen LogP contribution in [0.25, 0.3) is 0 Å². The number of hydrogen-bond acceptors (Lipinski definition) is 5. The third-order valence-corrected chi connectivity index (χ3v) is 4.75. The molecule has 0 bridgehead atoms. The van der Waals surface area contributed by atoms with Gasteiger partial charge in [0.1, 0.15) is 5.60 Å². The fourth-order valence-corrected chi connectivity index (χ4v) is 3.30. The van der Waals surface area contributed by atoms with E-state index in [-0.39, 0.29) is 36.9 Å². The van der Waals surface area contributed by atoms with Gasteiger partial charge in [-0.05, 0) is 20.8 Å². The van der Waals surface area contributed by atoms with E-state index >= 15 is 0 Å². The van der Waals surface area contributed by atoms with E-state index in [2.05, 4.69) is 0 Å². The highest BCUT2D eigenvalue weighted by Gasteiger charge is 2.40. The van der Waals surface area contributed by atoms with Crippen molar-refractivity contribution in [2.24, 2.45) is 0 Å². The standard InChI is InChI=1S/C20H27N3O4/c1-20(2,3)27-19(26)22-11-16(12-22)23-10-9-21(14-18(23)25)13-17(24)15-7-5-4-6-8-15/h4-8,16H,9-14H2,1-3H3. The lowest BCUT2D eigenvalue weighted by Crippen LogP contribution is -2.66. The SMILES string of the molecule is CC(C)(C)OC(=O)N1CC(N2CCN(CC(=O)c3ccccc3)CC2=O)C1. The number of rotatable bonds is 4. The zero-order valence-electron chi connectivity index (χ0n) is 16.2. The third-order valence-electron chi connectivity index (χ3n) is 4.75. The first kappa shape index (κ1) is 19.4. The summed E-state index contributed by atoms with van der Waals surface area (Å²) in [7, 11) is 0. The molecule has 1 aromatic rings. The predicted molar refractivity (Wildman–Crippen MR) is 101 cm³/mol. The molecule has 2 heterocycles. The van der Waals surface area contributed by atoms with E-state index in [1.807, 2.05) is 48.8 Å². The Kier molecular flexibility index (Phi) is 5.51. The van der Waals surface area contributed by atoms with Gasteiger partial charge >= 0.3 is 6.09 Å². The molecule has 0 saturated carbocycles. The third kappa shape index (κ3) is 4.86. The number of nitrogens with zero attached hydrogens (tertiary/aromatic N) is 3. The number of Topliss-reactive ketones (excluding diaryl/α,β-unsaturated/α-hetero) is 1. The summed E-state index contributed by atoms with van der Waals surface area (Å²) in [5.74, 6) is 0.0348. The Bertz CT molecular complexity index is 708. The van der Waals surface area contributed by atoms with E-state index < -0.39 is 5.60 Å². The minimum Gasteiger partial charge on any atom is -0.444 e. The lowest BCUT2D eigenvalue weighted by atomic mass is 10.1. The first-order valence-electron chi connectivity index (χ1n) is 9.31. The van der Waals surface area contributed by atoms with E-state index in [4.69, 9.17) is 4.74 Å². The number of carbonyl (C=O) groups excluding carboxylic acids is 3. The monoisotopic (exact) mass is 373 g/mol. The normalized spacial score (nSPS) is 19.0. The van der Waals surface area contributed by atoms with Gasteiger partial charge in [-0.2, -0.15) is 0 Å². The van der Waals surface area contributed by atoms with Gasteiger partial charge in [0.05, 0.1) is 19.1 Å². The van der Waals surface area contributed by atoms with Crippen LogP contribution >= 0.6 is 0 Å². The Morgan fingerprint density at radius 1 is 1.11 bits per heavy atom. The summed E-state index contributed by atoms with van der Waals surface area (Å²) in [6, 6.07) is 9.17. The number of amides is 2. The van der Waals surface area contributed by atoms with Crippen molar-refractivity contribution >= 4 is 17.8 Å². The van der Waals surface area contributed by atoms with Crippen molar-refractivity contribution in [3.05, 3.63) is 35.9 Å². The number of likely N-dealkylation sites (tertiary alicyclic amines) is 1. The van der Waals surface area contributed by atoms with Gasteiger partial charge in [-0.25, -0.2) is 4.79 Å². The highest BCUT2D eigenvalue weighted by Crippen LogP contribution is 2.21. The van der Waals surface area contributed by atoms with Crippen molar-refractivity contribution in [3.63, 3.8) is 0 Å². The minimum atomic E-state index is -0.519.